The summed E-state index contributed by atoms with van der Waals surface area (Å²) in [5.74, 6) is 1.20. The Morgan fingerprint density at radius 2 is 2.00 bits per heavy atom. The molecule has 1 atom stereocenters. The smallest absolute Gasteiger partial charge is 0.387 e. The predicted octanol–water partition coefficient (Wildman–Crippen LogP) is 3.63. The molecule has 1 unspecified atom stereocenters. The van der Waals surface area contributed by atoms with Gasteiger partial charge in [0.1, 0.15) is 17.6 Å². The van der Waals surface area contributed by atoms with Crippen LogP contribution in [-0.2, 0) is 6.54 Å². The van der Waals surface area contributed by atoms with Crippen LogP contribution in [0.5, 0.6) is 5.75 Å². The fraction of sp³-hybridized carbons (Fsp3) is 0.389. The normalized spacial score (nSPS) is 12.4. The number of halogens is 3. The number of benzene rings is 1. The summed E-state index contributed by atoms with van der Waals surface area (Å²) < 4.78 is 33.9. The Bertz CT molecular complexity index is 682. The molecule has 0 amide bonds. The zero-order chi connectivity index (χ0) is 18.9. The van der Waals surface area contributed by atoms with Gasteiger partial charge in [0.05, 0.1) is 12.8 Å². The molecule has 150 valence electrons. The van der Waals surface area contributed by atoms with Crippen molar-refractivity contribution in [2.75, 3.05) is 20.1 Å². The van der Waals surface area contributed by atoms with Crippen molar-refractivity contribution in [3.8, 4) is 5.75 Å². The van der Waals surface area contributed by atoms with Crippen molar-refractivity contribution in [3.05, 3.63) is 54.0 Å². The van der Waals surface area contributed by atoms with Crippen molar-refractivity contribution in [1.82, 2.24) is 10.2 Å². The molecule has 0 saturated heterocycles. The van der Waals surface area contributed by atoms with Gasteiger partial charge in [0, 0.05) is 20.1 Å². The number of aliphatic hydroxyl groups is 1. The minimum Gasteiger partial charge on any atom is -0.467 e. The summed E-state index contributed by atoms with van der Waals surface area (Å²) in [4.78, 5) is 6.30. The largest absolute Gasteiger partial charge is 0.467 e. The molecular weight excluding hydrogens is 471 g/mol. The summed E-state index contributed by atoms with van der Waals surface area (Å²) in [6, 6.07) is 9.84. The van der Waals surface area contributed by atoms with E-state index in [4.69, 9.17) is 4.42 Å². The Kier molecular flexibility index (Phi) is 10.1. The third kappa shape index (κ3) is 7.71. The van der Waals surface area contributed by atoms with E-state index in [-0.39, 0.29) is 36.3 Å². The summed E-state index contributed by atoms with van der Waals surface area (Å²) in [6.07, 6.45) is 0.680. The lowest BCUT2D eigenvalue weighted by Gasteiger charge is -2.22. The number of furan rings is 1. The van der Waals surface area contributed by atoms with E-state index in [0.29, 0.717) is 24.8 Å². The first kappa shape index (κ1) is 23.2. The lowest BCUT2D eigenvalue weighted by atomic mass is 10.2. The van der Waals surface area contributed by atoms with Crippen molar-refractivity contribution < 1.29 is 23.0 Å². The van der Waals surface area contributed by atoms with Crippen LogP contribution in [0.4, 0.5) is 8.78 Å². The van der Waals surface area contributed by atoms with Crippen LogP contribution < -0.4 is 10.1 Å². The van der Waals surface area contributed by atoms with Crippen LogP contribution in [0.3, 0.4) is 0 Å². The molecule has 2 N–H and O–H groups in total. The monoisotopic (exact) mass is 495 g/mol. The molecular formula is C18H24F2IN3O3. The van der Waals surface area contributed by atoms with Gasteiger partial charge in [-0.25, -0.2) is 4.99 Å². The van der Waals surface area contributed by atoms with Crippen LogP contribution in [0.15, 0.2) is 52.1 Å². The average molecular weight is 495 g/mol. The van der Waals surface area contributed by atoms with Gasteiger partial charge in [-0.1, -0.05) is 12.1 Å². The molecule has 2 rings (SSSR count). The van der Waals surface area contributed by atoms with E-state index in [1.807, 2.05) is 18.9 Å². The van der Waals surface area contributed by atoms with Crippen molar-refractivity contribution >= 4 is 29.9 Å². The van der Waals surface area contributed by atoms with Gasteiger partial charge in [-0.3, -0.25) is 0 Å². The second-order valence-electron chi connectivity index (χ2n) is 5.60. The minimum atomic E-state index is -2.84. The lowest BCUT2D eigenvalue weighted by Crippen LogP contribution is -2.38. The SMILES string of the molecule is CCNC(=NCC(O)c1ccco1)N(C)Cc1ccc(OC(F)F)cc1.I. The van der Waals surface area contributed by atoms with E-state index in [0.717, 1.165) is 5.56 Å². The van der Waals surface area contributed by atoms with Gasteiger partial charge in [-0.2, -0.15) is 8.78 Å². The molecule has 1 heterocycles. The van der Waals surface area contributed by atoms with Crippen LogP contribution in [0.1, 0.15) is 24.4 Å². The number of ether oxygens (including phenoxy) is 1. The number of nitrogens with zero attached hydrogens (tertiary/aromatic N) is 2. The first-order valence-corrected chi connectivity index (χ1v) is 8.24. The summed E-state index contributed by atoms with van der Waals surface area (Å²) in [5.41, 5.74) is 0.909. The first-order valence-electron chi connectivity index (χ1n) is 8.24. The Morgan fingerprint density at radius 3 is 2.56 bits per heavy atom. The maximum absolute atomic E-state index is 12.2. The van der Waals surface area contributed by atoms with Crippen molar-refractivity contribution in [2.45, 2.75) is 26.2 Å². The first-order chi connectivity index (χ1) is 12.5. The molecule has 0 spiro atoms. The number of alkyl halides is 2. The number of hydrogen-bond donors (Lipinski definition) is 2. The molecule has 1 aromatic heterocycles. The molecule has 2 aromatic rings. The Hall–Kier alpha value is -1.88. The number of guanidine groups is 1. The maximum atomic E-state index is 12.2. The van der Waals surface area contributed by atoms with Crippen LogP contribution in [0.2, 0.25) is 0 Å². The molecule has 27 heavy (non-hydrogen) atoms. The van der Waals surface area contributed by atoms with Crippen molar-refractivity contribution in [2.24, 2.45) is 4.99 Å². The van der Waals surface area contributed by atoms with Gasteiger partial charge in [-0.15, -0.1) is 24.0 Å². The van der Waals surface area contributed by atoms with E-state index in [2.05, 4.69) is 15.0 Å². The Balaban J connectivity index is 0.00000364. The van der Waals surface area contributed by atoms with E-state index in [1.165, 1.54) is 18.4 Å². The molecule has 0 radical (unpaired) electrons. The van der Waals surface area contributed by atoms with E-state index >= 15 is 0 Å². The molecule has 0 aliphatic rings. The maximum Gasteiger partial charge on any atom is 0.387 e. The second kappa shape index (κ2) is 11.8. The summed E-state index contributed by atoms with van der Waals surface area (Å²) in [7, 11) is 1.85. The van der Waals surface area contributed by atoms with E-state index < -0.39 is 12.7 Å². The molecule has 0 saturated carbocycles. The third-order valence-corrected chi connectivity index (χ3v) is 3.55. The number of rotatable bonds is 8. The predicted molar refractivity (Wildman–Crippen MR) is 110 cm³/mol. The number of aliphatic imine (C=N–C) groups is 1. The number of aliphatic hydroxyl groups excluding tert-OH is 1. The topological polar surface area (TPSA) is 70.2 Å². The highest BCUT2D eigenvalue weighted by Gasteiger charge is 2.12. The number of hydrogen-bond acceptors (Lipinski definition) is 4. The van der Waals surface area contributed by atoms with Crippen molar-refractivity contribution in [3.63, 3.8) is 0 Å². The quantitative estimate of drug-likeness (QED) is 0.333. The Labute approximate surface area is 174 Å². The highest BCUT2D eigenvalue weighted by Crippen LogP contribution is 2.16. The molecule has 0 fully saturated rings. The van der Waals surface area contributed by atoms with Gasteiger partial charge in [0.15, 0.2) is 5.96 Å². The molecule has 9 heteroatoms. The van der Waals surface area contributed by atoms with Crippen LogP contribution in [0.25, 0.3) is 0 Å². The zero-order valence-corrected chi connectivity index (χ0v) is 17.5. The van der Waals surface area contributed by atoms with E-state index in [9.17, 15) is 13.9 Å². The van der Waals surface area contributed by atoms with Gasteiger partial charge < -0.3 is 24.5 Å². The van der Waals surface area contributed by atoms with Gasteiger partial charge in [0.25, 0.3) is 0 Å². The third-order valence-electron chi connectivity index (χ3n) is 3.55. The fourth-order valence-electron chi connectivity index (χ4n) is 2.34. The van der Waals surface area contributed by atoms with Gasteiger partial charge >= 0.3 is 6.61 Å². The summed E-state index contributed by atoms with van der Waals surface area (Å²) in [6.45, 7) is 0.444. The molecule has 0 bridgehead atoms. The summed E-state index contributed by atoms with van der Waals surface area (Å²) in [5, 5.41) is 13.2. The highest BCUT2D eigenvalue weighted by atomic mass is 127. The fourth-order valence-corrected chi connectivity index (χ4v) is 2.34. The minimum absolute atomic E-state index is 0. The van der Waals surface area contributed by atoms with Gasteiger partial charge in [-0.05, 0) is 36.8 Å². The molecule has 0 aliphatic carbocycles. The molecule has 1 aromatic carbocycles. The molecule has 6 nitrogen and oxygen atoms in total. The highest BCUT2D eigenvalue weighted by molar-refractivity contribution is 14.0. The summed E-state index contributed by atoms with van der Waals surface area (Å²) >= 11 is 0. The number of nitrogens with one attached hydrogen (secondary N) is 1. The van der Waals surface area contributed by atoms with Crippen LogP contribution in [0, 0.1) is 0 Å². The van der Waals surface area contributed by atoms with Crippen LogP contribution >= 0.6 is 24.0 Å². The van der Waals surface area contributed by atoms with E-state index in [1.54, 1.807) is 24.3 Å². The standard InChI is InChI=1S/C18H23F2N3O3.HI/c1-3-21-18(22-11-15(24)16-5-4-10-25-16)23(2)12-13-6-8-14(9-7-13)26-17(19)20;/h4-10,15,17,24H,3,11-12H2,1-2H3,(H,21,22);1H. The second-order valence-corrected chi connectivity index (χ2v) is 5.60. The van der Waals surface area contributed by atoms with Crippen molar-refractivity contribution in [1.29, 1.82) is 0 Å². The van der Waals surface area contributed by atoms with Gasteiger partial charge in [0.2, 0.25) is 0 Å². The lowest BCUT2D eigenvalue weighted by molar-refractivity contribution is -0.0498. The molecule has 0 aliphatic heterocycles. The average Bonchev–Trinajstić information content (AvgIpc) is 3.14. The Morgan fingerprint density at radius 1 is 1.30 bits per heavy atom. The zero-order valence-electron chi connectivity index (χ0n) is 15.1. The van der Waals surface area contributed by atoms with Crippen LogP contribution in [-0.4, -0.2) is 42.7 Å².